The van der Waals surface area contributed by atoms with Crippen molar-refractivity contribution in [1.29, 1.82) is 0 Å². The first-order chi connectivity index (χ1) is 8.16. The number of halogens is 1. The number of piperidine rings is 1. The molecule has 17 heavy (non-hydrogen) atoms. The van der Waals surface area contributed by atoms with E-state index >= 15 is 0 Å². The third-order valence-corrected chi connectivity index (χ3v) is 3.96. The molecule has 1 aliphatic heterocycles. The van der Waals surface area contributed by atoms with Crippen LogP contribution in [0.15, 0.2) is 24.3 Å². The van der Waals surface area contributed by atoms with Crippen molar-refractivity contribution in [2.24, 2.45) is 0 Å². The van der Waals surface area contributed by atoms with Crippen LogP contribution in [0.4, 0.5) is 4.39 Å². The van der Waals surface area contributed by atoms with Gasteiger partial charge in [-0.1, -0.05) is 18.2 Å². The lowest BCUT2D eigenvalue weighted by Gasteiger charge is -2.30. The number of likely N-dealkylation sites (tertiary alicyclic amines) is 1. The van der Waals surface area contributed by atoms with E-state index in [1.165, 1.54) is 30.8 Å². The largest absolute Gasteiger partial charge is 0.337 e. The van der Waals surface area contributed by atoms with Gasteiger partial charge in [0, 0.05) is 18.4 Å². The molecule has 0 aromatic heterocycles. The quantitative estimate of drug-likeness (QED) is 0.704. The molecule has 1 unspecified atom stereocenters. The van der Waals surface area contributed by atoms with Gasteiger partial charge in [-0.15, -0.1) is 0 Å². The minimum atomic E-state index is -0.0644. The Labute approximate surface area is 103 Å². The van der Waals surface area contributed by atoms with Crippen LogP contribution >= 0.6 is 0 Å². The zero-order valence-corrected chi connectivity index (χ0v) is 10.8. The number of hydrogen-bond acceptors (Lipinski definition) is 0. The van der Waals surface area contributed by atoms with Crippen LogP contribution in [-0.4, -0.2) is 33.2 Å². The van der Waals surface area contributed by atoms with Crippen molar-refractivity contribution in [2.75, 3.05) is 27.2 Å². The fraction of sp³-hybridized carbons (Fsp3) is 0.571. The lowest BCUT2D eigenvalue weighted by atomic mass is 10.0. The first-order valence-electron chi connectivity index (χ1n) is 6.54. The molecule has 1 atom stereocenters. The molecule has 3 heteroatoms. The Morgan fingerprint density at radius 2 is 1.94 bits per heavy atom. The number of benzene rings is 1. The summed E-state index contributed by atoms with van der Waals surface area (Å²) in [5, 5.41) is 0. The lowest BCUT2D eigenvalue weighted by Crippen LogP contribution is -3.17. The third kappa shape index (κ3) is 3.27. The molecule has 0 amide bonds. The highest BCUT2D eigenvalue weighted by molar-refractivity contribution is 5.15. The zero-order valence-electron chi connectivity index (χ0n) is 10.8. The predicted octanol–water partition coefficient (Wildman–Crippen LogP) is -0.482. The normalized spacial score (nSPS) is 26.8. The molecule has 1 aliphatic rings. The van der Waals surface area contributed by atoms with Crippen LogP contribution in [0.25, 0.3) is 0 Å². The van der Waals surface area contributed by atoms with Crippen LogP contribution in [0, 0.1) is 5.82 Å². The smallest absolute Gasteiger partial charge is 0.132 e. The summed E-state index contributed by atoms with van der Waals surface area (Å²) in [6.07, 6.45) is 2.51. The average molecular weight is 238 g/mol. The van der Waals surface area contributed by atoms with Crippen molar-refractivity contribution in [3.63, 3.8) is 0 Å². The van der Waals surface area contributed by atoms with Crippen molar-refractivity contribution >= 4 is 0 Å². The summed E-state index contributed by atoms with van der Waals surface area (Å²) >= 11 is 0. The first-order valence-corrected chi connectivity index (χ1v) is 6.54. The molecule has 1 aromatic rings. The van der Waals surface area contributed by atoms with Crippen LogP contribution in [0.5, 0.6) is 0 Å². The van der Waals surface area contributed by atoms with Gasteiger partial charge in [-0.2, -0.15) is 0 Å². The SMILES string of the molecule is C[NH+]1CCC([NH+](C)Cc2ccccc2F)CC1. The Bertz CT molecular complexity index is 359. The molecule has 1 saturated heterocycles. The second-order valence-electron chi connectivity index (χ2n) is 5.35. The Morgan fingerprint density at radius 1 is 1.29 bits per heavy atom. The fourth-order valence-corrected chi connectivity index (χ4v) is 2.69. The van der Waals surface area contributed by atoms with E-state index in [9.17, 15) is 4.39 Å². The Morgan fingerprint density at radius 3 is 2.59 bits per heavy atom. The Hall–Kier alpha value is -0.930. The van der Waals surface area contributed by atoms with Crippen LogP contribution in [0.1, 0.15) is 18.4 Å². The predicted molar refractivity (Wildman–Crippen MR) is 66.6 cm³/mol. The lowest BCUT2D eigenvalue weighted by molar-refractivity contribution is -0.948. The zero-order chi connectivity index (χ0) is 12.3. The monoisotopic (exact) mass is 238 g/mol. The number of hydrogen-bond donors (Lipinski definition) is 2. The van der Waals surface area contributed by atoms with Gasteiger partial charge in [0.15, 0.2) is 0 Å². The summed E-state index contributed by atoms with van der Waals surface area (Å²) < 4.78 is 13.6. The van der Waals surface area contributed by atoms with Crippen LogP contribution in [0.3, 0.4) is 0 Å². The summed E-state index contributed by atoms with van der Waals surface area (Å²) in [7, 11) is 4.44. The van der Waals surface area contributed by atoms with E-state index in [-0.39, 0.29) is 5.82 Å². The molecule has 0 spiro atoms. The molecule has 1 aromatic carbocycles. The van der Waals surface area contributed by atoms with E-state index in [4.69, 9.17) is 0 Å². The maximum absolute atomic E-state index is 13.6. The van der Waals surface area contributed by atoms with E-state index in [1.807, 2.05) is 12.1 Å². The topological polar surface area (TPSA) is 8.88 Å². The highest BCUT2D eigenvalue weighted by Gasteiger charge is 2.26. The molecule has 0 bridgehead atoms. The molecular weight excluding hydrogens is 215 g/mol. The van der Waals surface area contributed by atoms with Gasteiger partial charge < -0.3 is 9.80 Å². The number of nitrogens with one attached hydrogen (secondary N) is 2. The molecule has 1 heterocycles. The van der Waals surface area contributed by atoms with Gasteiger partial charge in [0.25, 0.3) is 0 Å². The van der Waals surface area contributed by atoms with Gasteiger partial charge in [-0.05, 0) is 6.07 Å². The van der Waals surface area contributed by atoms with E-state index < -0.39 is 0 Å². The van der Waals surface area contributed by atoms with Gasteiger partial charge >= 0.3 is 0 Å². The number of rotatable bonds is 3. The second kappa shape index (κ2) is 5.61. The highest BCUT2D eigenvalue weighted by Crippen LogP contribution is 2.05. The second-order valence-corrected chi connectivity index (χ2v) is 5.35. The van der Waals surface area contributed by atoms with E-state index in [0.29, 0.717) is 6.04 Å². The standard InChI is InChI=1S/C14H21FN2/c1-16-9-7-13(8-10-16)17(2)11-12-5-3-4-6-14(12)15/h3-6,13H,7-11H2,1-2H3/p+2. The average Bonchev–Trinajstić information content (AvgIpc) is 2.33. The van der Waals surface area contributed by atoms with Crippen molar-refractivity contribution in [2.45, 2.75) is 25.4 Å². The van der Waals surface area contributed by atoms with Gasteiger partial charge in [0.1, 0.15) is 12.4 Å². The summed E-state index contributed by atoms with van der Waals surface area (Å²) in [6.45, 7) is 3.30. The summed E-state index contributed by atoms with van der Waals surface area (Å²) in [4.78, 5) is 3.07. The van der Waals surface area contributed by atoms with E-state index in [2.05, 4.69) is 14.1 Å². The van der Waals surface area contributed by atoms with Crippen LogP contribution in [0.2, 0.25) is 0 Å². The van der Waals surface area contributed by atoms with Gasteiger partial charge in [-0.25, -0.2) is 4.39 Å². The van der Waals surface area contributed by atoms with E-state index in [0.717, 1.165) is 12.1 Å². The van der Waals surface area contributed by atoms with Crippen molar-refractivity contribution in [3.05, 3.63) is 35.6 Å². The molecule has 2 N–H and O–H groups in total. The molecule has 2 nitrogen and oxygen atoms in total. The Balaban J connectivity index is 1.93. The van der Waals surface area contributed by atoms with E-state index in [1.54, 1.807) is 17.0 Å². The molecule has 94 valence electrons. The first kappa shape index (κ1) is 12.5. The minimum absolute atomic E-state index is 0.0644. The van der Waals surface area contributed by atoms with Crippen molar-refractivity contribution in [1.82, 2.24) is 0 Å². The molecule has 0 aliphatic carbocycles. The van der Waals surface area contributed by atoms with Crippen LogP contribution < -0.4 is 9.80 Å². The number of quaternary nitrogens is 2. The maximum Gasteiger partial charge on any atom is 0.132 e. The van der Waals surface area contributed by atoms with Gasteiger partial charge in [0.05, 0.1) is 33.2 Å². The molecule has 0 radical (unpaired) electrons. The maximum atomic E-state index is 13.6. The third-order valence-electron chi connectivity index (χ3n) is 3.96. The summed E-state index contributed by atoms with van der Waals surface area (Å²) in [5.74, 6) is -0.0644. The van der Waals surface area contributed by atoms with Crippen LogP contribution in [-0.2, 0) is 6.54 Å². The summed E-state index contributed by atoms with van der Waals surface area (Å²) in [6, 6.07) is 7.83. The molecular formula is C14H23FN2+2. The summed E-state index contributed by atoms with van der Waals surface area (Å²) in [5.41, 5.74) is 0.844. The highest BCUT2D eigenvalue weighted by atomic mass is 19.1. The molecule has 2 rings (SSSR count). The van der Waals surface area contributed by atoms with Crippen molar-refractivity contribution in [3.8, 4) is 0 Å². The Kier molecular flexibility index (Phi) is 4.13. The van der Waals surface area contributed by atoms with Gasteiger partial charge in [0.2, 0.25) is 0 Å². The minimum Gasteiger partial charge on any atom is -0.337 e. The van der Waals surface area contributed by atoms with Gasteiger partial charge in [-0.3, -0.25) is 0 Å². The molecule has 1 fully saturated rings. The van der Waals surface area contributed by atoms with Crippen molar-refractivity contribution < 1.29 is 14.2 Å². The molecule has 0 saturated carbocycles. The fourth-order valence-electron chi connectivity index (χ4n) is 2.69.